The molecule has 1 heterocycles. The van der Waals surface area contributed by atoms with Crippen LogP contribution >= 0.6 is 0 Å². The normalized spacial score (nSPS) is 10.0. The molecule has 19 heavy (non-hydrogen) atoms. The highest BCUT2D eigenvalue weighted by atomic mass is 19.3. The van der Waals surface area contributed by atoms with Crippen LogP contribution in [0.1, 0.15) is 5.56 Å². The van der Waals surface area contributed by atoms with Gasteiger partial charge in [0.05, 0.1) is 11.3 Å². The van der Waals surface area contributed by atoms with Crippen LogP contribution in [0.5, 0.6) is 5.75 Å². The van der Waals surface area contributed by atoms with Crippen LogP contribution in [0.25, 0.3) is 0 Å². The van der Waals surface area contributed by atoms with Gasteiger partial charge in [0.25, 0.3) is 0 Å². The molecule has 0 bridgehead atoms. The molecule has 6 heteroatoms. The summed E-state index contributed by atoms with van der Waals surface area (Å²) in [5.41, 5.74) is 0.632. The first-order valence-corrected chi connectivity index (χ1v) is 5.36. The van der Waals surface area contributed by atoms with Crippen LogP contribution < -0.4 is 10.1 Å². The van der Waals surface area contributed by atoms with E-state index in [1.807, 2.05) is 6.07 Å². The Morgan fingerprint density at radius 3 is 2.74 bits per heavy atom. The molecule has 2 aromatic rings. The van der Waals surface area contributed by atoms with Gasteiger partial charge in [-0.3, -0.25) is 0 Å². The summed E-state index contributed by atoms with van der Waals surface area (Å²) < 4.78 is 28.9. The Kier molecular flexibility index (Phi) is 3.88. The zero-order valence-electron chi connectivity index (χ0n) is 9.68. The van der Waals surface area contributed by atoms with Crippen molar-refractivity contribution in [2.45, 2.75) is 6.61 Å². The Labute approximate surface area is 108 Å². The zero-order chi connectivity index (χ0) is 13.7. The quantitative estimate of drug-likeness (QED) is 0.917. The largest absolute Gasteiger partial charge is 0.433 e. The summed E-state index contributed by atoms with van der Waals surface area (Å²) in [5, 5.41) is 11.7. The predicted octanol–water partition coefficient (Wildman–Crippen LogP) is 3.30. The third-order valence-corrected chi connectivity index (χ3v) is 2.28. The third kappa shape index (κ3) is 3.16. The Balaban J connectivity index is 2.31. The smallest absolute Gasteiger partial charge is 0.387 e. The second-order valence-electron chi connectivity index (χ2n) is 3.51. The van der Waals surface area contributed by atoms with Crippen molar-refractivity contribution in [3.8, 4) is 11.8 Å². The van der Waals surface area contributed by atoms with Gasteiger partial charge < -0.3 is 10.1 Å². The van der Waals surface area contributed by atoms with Crippen molar-refractivity contribution in [3.05, 3.63) is 48.2 Å². The number of hydrogen-bond acceptors (Lipinski definition) is 4. The highest BCUT2D eigenvalue weighted by molar-refractivity contribution is 5.67. The minimum absolute atomic E-state index is 0.00737. The van der Waals surface area contributed by atoms with Gasteiger partial charge in [-0.1, -0.05) is 12.1 Å². The molecule has 0 aliphatic carbocycles. The lowest BCUT2D eigenvalue weighted by Gasteiger charge is -2.12. The van der Waals surface area contributed by atoms with E-state index in [4.69, 9.17) is 5.26 Å². The van der Waals surface area contributed by atoms with E-state index in [9.17, 15) is 8.78 Å². The lowest BCUT2D eigenvalue weighted by Crippen LogP contribution is -2.05. The monoisotopic (exact) mass is 261 g/mol. The highest BCUT2D eigenvalue weighted by Gasteiger charge is 2.11. The van der Waals surface area contributed by atoms with Crippen LogP contribution in [0.3, 0.4) is 0 Å². The average Bonchev–Trinajstić information content (AvgIpc) is 2.41. The lowest BCUT2D eigenvalue weighted by atomic mass is 10.2. The fourth-order valence-electron chi connectivity index (χ4n) is 1.49. The van der Waals surface area contributed by atoms with E-state index in [1.165, 1.54) is 12.3 Å². The molecule has 4 nitrogen and oxygen atoms in total. The second-order valence-corrected chi connectivity index (χ2v) is 3.51. The molecule has 0 radical (unpaired) electrons. The van der Waals surface area contributed by atoms with Crippen LogP contribution in [0.15, 0.2) is 42.6 Å². The standard InChI is InChI=1S/C13H9F2N3O/c14-13(15)19-11-6-2-1-5-10(11)18-12-9(8-16)4-3-7-17-12/h1-7,13H,(H,17,18). The minimum Gasteiger partial charge on any atom is -0.433 e. The highest BCUT2D eigenvalue weighted by Crippen LogP contribution is 2.28. The summed E-state index contributed by atoms with van der Waals surface area (Å²) in [7, 11) is 0. The van der Waals surface area contributed by atoms with Crippen molar-refractivity contribution in [1.82, 2.24) is 4.98 Å². The number of ether oxygens (including phenoxy) is 1. The Morgan fingerprint density at radius 2 is 2.00 bits per heavy atom. The lowest BCUT2D eigenvalue weighted by molar-refractivity contribution is -0.0493. The van der Waals surface area contributed by atoms with E-state index < -0.39 is 6.61 Å². The Bertz CT molecular complexity index is 611. The molecule has 0 fully saturated rings. The summed E-state index contributed by atoms with van der Waals surface area (Å²) in [5.74, 6) is 0.280. The van der Waals surface area contributed by atoms with E-state index in [2.05, 4.69) is 15.0 Å². The van der Waals surface area contributed by atoms with E-state index in [-0.39, 0.29) is 11.6 Å². The van der Waals surface area contributed by atoms with Crippen molar-refractivity contribution in [2.75, 3.05) is 5.32 Å². The molecule has 0 aliphatic rings. The van der Waals surface area contributed by atoms with Gasteiger partial charge in [-0.15, -0.1) is 0 Å². The van der Waals surface area contributed by atoms with Crippen molar-refractivity contribution in [3.63, 3.8) is 0 Å². The number of benzene rings is 1. The van der Waals surface area contributed by atoms with E-state index >= 15 is 0 Å². The van der Waals surface area contributed by atoms with Gasteiger partial charge in [0.2, 0.25) is 0 Å². The minimum atomic E-state index is -2.91. The number of hydrogen-bond donors (Lipinski definition) is 1. The number of halogens is 2. The fraction of sp³-hybridized carbons (Fsp3) is 0.0769. The summed E-state index contributed by atoms with van der Waals surface area (Å²) in [4.78, 5) is 3.99. The number of alkyl halides is 2. The summed E-state index contributed by atoms with van der Waals surface area (Å²) >= 11 is 0. The molecule has 0 atom stereocenters. The number of rotatable bonds is 4. The second kappa shape index (κ2) is 5.78. The number of nitrogens with zero attached hydrogens (tertiary/aromatic N) is 2. The summed E-state index contributed by atoms with van der Waals surface area (Å²) in [6, 6.07) is 11.4. The van der Waals surface area contributed by atoms with Gasteiger partial charge >= 0.3 is 6.61 Å². The van der Waals surface area contributed by atoms with E-state index in [1.54, 1.807) is 30.3 Å². The van der Waals surface area contributed by atoms with Crippen molar-refractivity contribution in [2.24, 2.45) is 0 Å². The predicted molar refractivity (Wildman–Crippen MR) is 65.3 cm³/mol. The van der Waals surface area contributed by atoms with Crippen LogP contribution in [0.4, 0.5) is 20.3 Å². The number of para-hydroxylation sites is 2. The van der Waals surface area contributed by atoms with Crippen molar-refractivity contribution in [1.29, 1.82) is 5.26 Å². The van der Waals surface area contributed by atoms with Crippen molar-refractivity contribution >= 4 is 11.5 Å². The third-order valence-electron chi connectivity index (χ3n) is 2.28. The SMILES string of the molecule is N#Cc1cccnc1Nc1ccccc1OC(F)F. The molecule has 0 amide bonds. The summed E-state index contributed by atoms with van der Waals surface area (Å²) in [6.45, 7) is -2.91. The van der Waals surface area contributed by atoms with Crippen LogP contribution in [0.2, 0.25) is 0 Å². The first-order valence-electron chi connectivity index (χ1n) is 5.36. The number of aromatic nitrogens is 1. The maximum atomic E-state index is 12.3. The fourth-order valence-corrected chi connectivity index (χ4v) is 1.49. The van der Waals surface area contributed by atoms with Gasteiger partial charge in [0.15, 0.2) is 0 Å². The topological polar surface area (TPSA) is 57.9 Å². The number of nitriles is 1. The summed E-state index contributed by atoms with van der Waals surface area (Å²) in [6.07, 6.45) is 1.50. The maximum absolute atomic E-state index is 12.3. The van der Waals surface area contributed by atoms with Gasteiger partial charge in [-0.25, -0.2) is 4.98 Å². The number of pyridine rings is 1. The van der Waals surface area contributed by atoms with Gasteiger partial charge in [-0.05, 0) is 24.3 Å². The van der Waals surface area contributed by atoms with Crippen molar-refractivity contribution < 1.29 is 13.5 Å². The molecule has 1 aromatic heterocycles. The molecule has 0 aliphatic heterocycles. The first-order chi connectivity index (χ1) is 9.20. The van der Waals surface area contributed by atoms with E-state index in [0.717, 1.165) is 0 Å². The molecule has 96 valence electrons. The molecule has 0 saturated carbocycles. The molecule has 0 spiro atoms. The molecule has 0 saturated heterocycles. The van der Waals surface area contributed by atoms with Gasteiger partial charge in [0.1, 0.15) is 17.6 Å². The number of nitrogens with one attached hydrogen (secondary N) is 1. The molecule has 1 N–H and O–H groups in total. The molecule has 1 aromatic carbocycles. The molecule has 2 rings (SSSR count). The first kappa shape index (κ1) is 12.8. The number of anilines is 2. The Morgan fingerprint density at radius 1 is 1.21 bits per heavy atom. The van der Waals surface area contributed by atoms with Crippen LogP contribution in [0, 0.1) is 11.3 Å². The van der Waals surface area contributed by atoms with Crippen LogP contribution in [-0.2, 0) is 0 Å². The van der Waals surface area contributed by atoms with Gasteiger partial charge in [-0.2, -0.15) is 14.0 Å². The zero-order valence-corrected chi connectivity index (χ0v) is 9.68. The Hall–Kier alpha value is -2.68. The van der Waals surface area contributed by atoms with Gasteiger partial charge in [0, 0.05) is 6.20 Å². The van der Waals surface area contributed by atoms with Crippen LogP contribution in [-0.4, -0.2) is 11.6 Å². The molecule has 0 unspecified atom stereocenters. The average molecular weight is 261 g/mol. The van der Waals surface area contributed by atoms with E-state index in [0.29, 0.717) is 11.3 Å². The molecular formula is C13H9F2N3O. The maximum Gasteiger partial charge on any atom is 0.387 e. The molecular weight excluding hydrogens is 252 g/mol.